The van der Waals surface area contributed by atoms with Crippen LogP contribution in [-0.4, -0.2) is 4.98 Å². The minimum absolute atomic E-state index is 0.525. The first-order chi connectivity index (χ1) is 7.43. The van der Waals surface area contributed by atoms with Gasteiger partial charge in [0.25, 0.3) is 0 Å². The molecule has 0 saturated heterocycles. The lowest BCUT2D eigenvalue weighted by atomic mass is 9.98. The number of aromatic nitrogens is 1. The fraction of sp³-hybridized carbons (Fsp3) is 0.500. The Bertz CT molecular complexity index is 505. The van der Waals surface area contributed by atoms with E-state index in [1.54, 1.807) is 0 Å². The van der Waals surface area contributed by atoms with Gasteiger partial charge in [0.15, 0.2) is 0 Å². The first-order valence-corrected chi connectivity index (χ1v) is 6.62. The maximum Gasteiger partial charge on any atom is 0.0964 e. The molecule has 0 aliphatic rings. The summed E-state index contributed by atoms with van der Waals surface area (Å²) in [6, 6.07) is 0. The number of nitrogens with zero attached hydrogens (tertiary/aromatic N) is 1. The molecule has 86 valence electrons. The topological polar surface area (TPSA) is 12.9 Å². The molecule has 16 heavy (non-hydrogen) atoms. The normalized spacial score (nSPS) is 11.7. The van der Waals surface area contributed by atoms with Crippen molar-refractivity contribution in [2.75, 3.05) is 0 Å². The first-order valence-electron chi connectivity index (χ1n) is 5.80. The van der Waals surface area contributed by atoms with Crippen LogP contribution in [0.3, 0.4) is 0 Å². The third-order valence-corrected chi connectivity index (χ3v) is 5.00. The zero-order valence-electron chi connectivity index (χ0n) is 10.9. The summed E-state index contributed by atoms with van der Waals surface area (Å²) in [6.07, 6.45) is 0. The largest absolute Gasteiger partial charge is 0.241 e. The molecule has 2 aromatic rings. The van der Waals surface area contributed by atoms with Gasteiger partial charge in [-0.2, -0.15) is 0 Å². The molecule has 0 unspecified atom stereocenters. The summed E-state index contributed by atoms with van der Waals surface area (Å²) in [5.41, 5.74) is 6.78. The third kappa shape index (κ3) is 1.56. The van der Waals surface area contributed by atoms with Crippen molar-refractivity contribution in [3.05, 3.63) is 27.3 Å². The fourth-order valence-corrected chi connectivity index (χ4v) is 3.19. The quantitative estimate of drug-likeness (QED) is 0.698. The van der Waals surface area contributed by atoms with Crippen molar-refractivity contribution >= 4 is 21.6 Å². The van der Waals surface area contributed by atoms with E-state index in [0.29, 0.717) is 5.92 Å². The maximum absolute atomic E-state index is 4.79. The standard InChI is InChI=1S/C14H19NS/c1-7(2)14-15-12-10(5)8(3)9(4)11(6)13(12)16-14/h7H,1-6H3. The Kier molecular flexibility index (Phi) is 2.79. The Morgan fingerprint density at radius 3 is 2.00 bits per heavy atom. The second-order valence-electron chi connectivity index (χ2n) is 4.88. The van der Waals surface area contributed by atoms with E-state index in [0.717, 1.165) is 0 Å². The Morgan fingerprint density at radius 1 is 0.875 bits per heavy atom. The van der Waals surface area contributed by atoms with Crippen LogP contribution in [-0.2, 0) is 0 Å². The Morgan fingerprint density at radius 2 is 1.44 bits per heavy atom. The number of rotatable bonds is 1. The number of aryl methyl sites for hydroxylation is 2. The van der Waals surface area contributed by atoms with Crippen LogP contribution in [0.25, 0.3) is 10.2 Å². The Labute approximate surface area is 102 Å². The van der Waals surface area contributed by atoms with Gasteiger partial charge < -0.3 is 0 Å². The maximum atomic E-state index is 4.79. The van der Waals surface area contributed by atoms with E-state index in [9.17, 15) is 0 Å². The minimum atomic E-state index is 0.525. The van der Waals surface area contributed by atoms with Crippen molar-refractivity contribution in [3.8, 4) is 0 Å². The number of hydrogen-bond acceptors (Lipinski definition) is 2. The molecule has 0 amide bonds. The molecule has 0 spiro atoms. The van der Waals surface area contributed by atoms with E-state index in [2.05, 4.69) is 41.5 Å². The molecule has 1 aromatic heterocycles. The highest BCUT2D eigenvalue weighted by Gasteiger charge is 2.14. The zero-order chi connectivity index (χ0) is 12.0. The SMILES string of the molecule is Cc1c(C)c(C)c2sc(C(C)C)nc2c1C. The van der Waals surface area contributed by atoms with Crippen LogP contribution >= 0.6 is 11.3 Å². The van der Waals surface area contributed by atoms with Gasteiger partial charge in [0.05, 0.1) is 15.2 Å². The predicted octanol–water partition coefficient (Wildman–Crippen LogP) is 4.65. The molecule has 0 aliphatic heterocycles. The molecular weight excluding hydrogens is 214 g/mol. The number of fused-ring (bicyclic) bond motifs is 1. The van der Waals surface area contributed by atoms with E-state index in [1.807, 2.05) is 11.3 Å². The lowest BCUT2D eigenvalue weighted by Crippen LogP contribution is -1.92. The van der Waals surface area contributed by atoms with E-state index in [4.69, 9.17) is 4.98 Å². The summed E-state index contributed by atoms with van der Waals surface area (Å²) < 4.78 is 1.38. The van der Waals surface area contributed by atoms with Crippen molar-refractivity contribution in [1.29, 1.82) is 0 Å². The van der Waals surface area contributed by atoms with Gasteiger partial charge in [-0.3, -0.25) is 0 Å². The van der Waals surface area contributed by atoms with E-state index in [-0.39, 0.29) is 0 Å². The van der Waals surface area contributed by atoms with Crippen LogP contribution in [0.15, 0.2) is 0 Å². The number of benzene rings is 1. The van der Waals surface area contributed by atoms with Gasteiger partial charge in [-0.25, -0.2) is 4.98 Å². The van der Waals surface area contributed by atoms with Gasteiger partial charge in [0.2, 0.25) is 0 Å². The second kappa shape index (κ2) is 3.85. The van der Waals surface area contributed by atoms with E-state index in [1.165, 1.54) is 37.5 Å². The molecule has 0 bridgehead atoms. The van der Waals surface area contributed by atoms with E-state index < -0.39 is 0 Å². The molecule has 1 nitrogen and oxygen atoms in total. The van der Waals surface area contributed by atoms with Crippen LogP contribution in [0, 0.1) is 27.7 Å². The zero-order valence-corrected chi connectivity index (χ0v) is 11.7. The van der Waals surface area contributed by atoms with E-state index >= 15 is 0 Å². The molecular formula is C14H19NS. The van der Waals surface area contributed by atoms with Crippen molar-refractivity contribution in [3.63, 3.8) is 0 Å². The molecule has 1 aromatic carbocycles. The number of thiazole rings is 1. The van der Waals surface area contributed by atoms with Crippen molar-refractivity contribution < 1.29 is 0 Å². The summed E-state index contributed by atoms with van der Waals surface area (Å²) >= 11 is 1.86. The van der Waals surface area contributed by atoms with Crippen LogP contribution in [0.1, 0.15) is 47.0 Å². The summed E-state index contributed by atoms with van der Waals surface area (Å²) in [5.74, 6) is 0.525. The lowest BCUT2D eigenvalue weighted by Gasteiger charge is -2.09. The highest BCUT2D eigenvalue weighted by Crippen LogP contribution is 2.35. The van der Waals surface area contributed by atoms with Gasteiger partial charge in [-0.05, 0) is 49.9 Å². The minimum Gasteiger partial charge on any atom is -0.241 e. The van der Waals surface area contributed by atoms with Crippen molar-refractivity contribution in [2.45, 2.75) is 47.5 Å². The molecule has 0 radical (unpaired) electrons. The van der Waals surface area contributed by atoms with Gasteiger partial charge >= 0.3 is 0 Å². The van der Waals surface area contributed by atoms with Gasteiger partial charge in [-0.15, -0.1) is 11.3 Å². The third-order valence-electron chi connectivity index (χ3n) is 3.52. The van der Waals surface area contributed by atoms with Crippen molar-refractivity contribution in [2.24, 2.45) is 0 Å². The highest BCUT2D eigenvalue weighted by molar-refractivity contribution is 7.18. The monoisotopic (exact) mass is 233 g/mol. The summed E-state index contributed by atoms with van der Waals surface area (Å²) in [6.45, 7) is 13.2. The average molecular weight is 233 g/mol. The summed E-state index contributed by atoms with van der Waals surface area (Å²) in [7, 11) is 0. The van der Waals surface area contributed by atoms with Gasteiger partial charge in [-0.1, -0.05) is 13.8 Å². The summed E-state index contributed by atoms with van der Waals surface area (Å²) in [4.78, 5) is 4.79. The predicted molar refractivity (Wildman–Crippen MR) is 72.7 cm³/mol. The summed E-state index contributed by atoms with van der Waals surface area (Å²) in [5, 5.41) is 1.26. The Hall–Kier alpha value is -0.890. The van der Waals surface area contributed by atoms with Crippen molar-refractivity contribution in [1.82, 2.24) is 4.98 Å². The fourth-order valence-electron chi connectivity index (χ4n) is 2.00. The second-order valence-corrected chi connectivity index (χ2v) is 5.92. The van der Waals surface area contributed by atoms with Crippen LogP contribution in [0.4, 0.5) is 0 Å². The van der Waals surface area contributed by atoms with Crippen LogP contribution < -0.4 is 0 Å². The highest BCUT2D eigenvalue weighted by atomic mass is 32.1. The first kappa shape index (κ1) is 11.6. The molecule has 0 fully saturated rings. The molecule has 0 aliphatic carbocycles. The molecule has 2 heteroatoms. The number of hydrogen-bond donors (Lipinski definition) is 0. The van der Waals surface area contributed by atoms with Gasteiger partial charge in [0.1, 0.15) is 0 Å². The molecule has 0 N–H and O–H groups in total. The Balaban J connectivity index is 2.86. The lowest BCUT2D eigenvalue weighted by molar-refractivity contribution is 0.856. The smallest absolute Gasteiger partial charge is 0.0964 e. The van der Waals surface area contributed by atoms with Crippen LogP contribution in [0.2, 0.25) is 0 Å². The molecule has 0 atom stereocenters. The molecule has 1 heterocycles. The average Bonchev–Trinajstić information content (AvgIpc) is 2.68. The van der Waals surface area contributed by atoms with Gasteiger partial charge in [0, 0.05) is 5.92 Å². The van der Waals surface area contributed by atoms with Crippen LogP contribution in [0.5, 0.6) is 0 Å². The molecule has 0 saturated carbocycles. The molecule has 2 rings (SSSR count).